The van der Waals surface area contributed by atoms with Gasteiger partial charge in [0.25, 0.3) is 0 Å². The predicted molar refractivity (Wildman–Crippen MR) is 59.3 cm³/mol. The minimum Gasteiger partial charge on any atom is -0.493 e. The largest absolute Gasteiger partial charge is 0.493 e. The van der Waals surface area contributed by atoms with E-state index in [4.69, 9.17) is 10.5 Å². The van der Waals surface area contributed by atoms with Crippen LogP contribution in [0.5, 0.6) is 5.75 Å². The molecule has 84 valence electrons. The molecule has 0 amide bonds. The minimum absolute atomic E-state index is 0.0605. The molecule has 3 N–H and O–H groups in total. The second-order valence-corrected chi connectivity index (χ2v) is 3.93. The molecule has 1 atom stereocenters. The van der Waals surface area contributed by atoms with Crippen molar-refractivity contribution in [3.05, 3.63) is 28.0 Å². The lowest BCUT2D eigenvalue weighted by Gasteiger charge is -2.15. The molecule has 0 aromatic heterocycles. The summed E-state index contributed by atoms with van der Waals surface area (Å²) in [7, 11) is 1.36. The molecule has 0 saturated carbocycles. The van der Waals surface area contributed by atoms with Gasteiger partial charge in [-0.2, -0.15) is 0 Å². The molecular formula is C10H13BrFNO2. The number of aliphatic hydroxyl groups excluding tert-OH is 1. The molecule has 0 fully saturated rings. The lowest BCUT2D eigenvalue weighted by Crippen LogP contribution is -2.08. The average molecular weight is 278 g/mol. The fourth-order valence-electron chi connectivity index (χ4n) is 1.33. The van der Waals surface area contributed by atoms with Crippen LogP contribution >= 0.6 is 15.9 Å². The second kappa shape index (κ2) is 5.44. The van der Waals surface area contributed by atoms with Crippen molar-refractivity contribution in [2.75, 3.05) is 13.7 Å². The van der Waals surface area contributed by atoms with Gasteiger partial charge in [0.1, 0.15) is 0 Å². The molecule has 5 heteroatoms. The van der Waals surface area contributed by atoms with E-state index in [2.05, 4.69) is 15.9 Å². The van der Waals surface area contributed by atoms with Crippen LogP contribution in [-0.4, -0.2) is 18.8 Å². The number of halogens is 2. The molecule has 1 aromatic rings. The third kappa shape index (κ3) is 2.68. The van der Waals surface area contributed by atoms with Crippen LogP contribution in [0.15, 0.2) is 16.6 Å². The molecule has 1 rings (SSSR count). The maximum absolute atomic E-state index is 13.5. The van der Waals surface area contributed by atoms with Gasteiger partial charge < -0.3 is 15.6 Å². The molecular weight excluding hydrogens is 265 g/mol. The number of aliphatic hydroxyl groups is 1. The molecule has 3 nitrogen and oxygen atoms in total. The van der Waals surface area contributed by atoms with Crippen molar-refractivity contribution in [2.45, 2.75) is 12.5 Å². The molecule has 0 aliphatic heterocycles. The van der Waals surface area contributed by atoms with E-state index in [0.29, 0.717) is 23.0 Å². The van der Waals surface area contributed by atoms with Gasteiger partial charge in [0.05, 0.1) is 17.7 Å². The van der Waals surface area contributed by atoms with E-state index in [1.165, 1.54) is 13.2 Å². The van der Waals surface area contributed by atoms with Crippen LogP contribution in [0.2, 0.25) is 0 Å². The van der Waals surface area contributed by atoms with Crippen LogP contribution in [0, 0.1) is 5.82 Å². The van der Waals surface area contributed by atoms with Crippen molar-refractivity contribution in [1.29, 1.82) is 0 Å². The molecule has 1 aromatic carbocycles. The zero-order valence-electron chi connectivity index (χ0n) is 8.34. The summed E-state index contributed by atoms with van der Waals surface area (Å²) < 4.78 is 18.8. The van der Waals surface area contributed by atoms with Gasteiger partial charge in [0, 0.05) is 5.56 Å². The van der Waals surface area contributed by atoms with Crippen LogP contribution in [0.1, 0.15) is 18.1 Å². The summed E-state index contributed by atoms with van der Waals surface area (Å²) in [6, 6.07) is 3.15. The standard InChI is InChI=1S/C10H13BrFNO2/c1-15-10-6(8(14)4-5-13)2-3-7(11)9(10)12/h2-3,8,14H,4-5,13H2,1H3. The Morgan fingerprint density at radius 1 is 1.60 bits per heavy atom. The molecule has 0 heterocycles. The summed E-state index contributed by atoms with van der Waals surface area (Å²) in [6.45, 7) is 0.335. The quantitative estimate of drug-likeness (QED) is 0.885. The lowest BCUT2D eigenvalue weighted by atomic mass is 10.1. The van der Waals surface area contributed by atoms with Gasteiger partial charge >= 0.3 is 0 Å². The van der Waals surface area contributed by atoms with Crippen LogP contribution in [0.25, 0.3) is 0 Å². The fourth-order valence-corrected chi connectivity index (χ4v) is 1.64. The first kappa shape index (κ1) is 12.4. The topological polar surface area (TPSA) is 55.5 Å². The van der Waals surface area contributed by atoms with Crippen molar-refractivity contribution in [3.63, 3.8) is 0 Å². The Hall–Kier alpha value is -0.650. The smallest absolute Gasteiger partial charge is 0.179 e. The van der Waals surface area contributed by atoms with E-state index in [9.17, 15) is 9.50 Å². The van der Waals surface area contributed by atoms with Gasteiger partial charge in [0.2, 0.25) is 0 Å². The van der Waals surface area contributed by atoms with Crippen molar-refractivity contribution >= 4 is 15.9 Å². The maximum Gasteiger partial charge on any atom is 0.179 e. The Labute approximate surface area is 96.2 Å². The summed E-state index contributed by atoms with van der Waals surface area (Å²) in [6.07, 6.45) is -0.426. The van der Waals surface area contributed by atoms with Gasteiger partial charge in [-0.3, -0.25) is 0 Å². The second-order valence-electron chi connectivity index (χ2n) is 3.08. The Morgan fingerprint density at radius 2 is 2.27 bits per heavy atom. The summed E-state index contributed by atoms with van der Waals surface area (Å²) in [5.74, 6) is -0.448. The van der Waals surface area contributed by atoms with Crippen molar-refractivity contribution in [2.24, 2.45) is 5.73 Å². The highest BCUT2D eigenvalue weighted by atomic mass is 79.9. The molecule has 0 bridgehead atoms. The Balaban J connectivity index is 3.12. The third-order valence-corrected chi connectivity index (χ3v) is 2.70. The highest BCUT2D eigenvalue weighted by molar-refractivity contribution is 9.10. The van der Waals surface area contributed by atoms with Gasteiger partial charge in [-0.05, 0) is 35.0 Å². The Kier molecular flexibility index (Phi) is 4.50. The third-order valence-electron chi connectivity index (χ3n) is 2.08. The van der Waals surface area contributed by atoms with E-state index in [1.54, 1.807) is 6.07 Å². The predicted octanol–water partition coefficient (Wildman–Crippen LogP) is 1.98. The highest BCUT2D eigenvalue weighted by Gasteiger charge is 2.18. The minimum atomic E-state index is -0.799. The summed E-state index contributed by atoms with van der Waals surface area (Å²) in [5.41, 5.74) is 5.74. The average Bonchev–Trinajstić information content (AvgIpc) is 2.22. The monoisotopic (exact) mass is 277 g/mol. The van der Waals surface area contributed by atoms with Crippen LogP contribution < -0.4 is 10.5 Å². The lowest BCUT2D eigenvalue weighted by molar-refractivity contribution is 0.165. The first-order chi connectivity index (χ1) is 7.11. The van der Waals surface area contributed by atoms with Crippen LogP contribution in [-0.2, 0) is 0 Å². The number of hydrogen-bond acceptors (Lipinski definition) is 3. The molecule has 15 heavy (non-hydrogen) atoms. The first-order valence-corrected chi connectivity index (χ1v) is 5.31. The molecule has 0 aliphatic carbocycles. The zero-order chi connectivity index (χ0) is 11.4. The Bertz CT molecular complexity index is 346. The summed E-state index contributed by atoms with van der Waals surface area (Å²) in [4.78, 5) is 0. The zero-order valence-corrected chi connectivity index (χ0v) is 9.92. The van der Waals surface area contributed by atoms with E-state index in [-0.39, 0.29) is 5.75 Å². The SMILES string of the molecule is COc1c(C(O)CCN)ccc(Br)c1F. The number of hydrogen-bond donors (Lipinski definition) is 2. The van der Waals surface area contributed by atoms with Gasteiger partial charge in [-0.15, -0.1) is 0 Å². The number of benzene rings is 1. The fraction of sp³-hybridized carbons (Fsp3) is 0.400. The van der Waals surface area contributed by atoms with E-state index < -0.39 is 11.9 Å². The normalized spacial score (nSPS) is 12.6. The van der Waals surface area contributed by atoms with E-state index in [0.717, 1.165) is 0 Å². The van der Waals surface area contributed by atoms with Crippen LogP contribution in [0.4, 0.5) is 4.39 Å². The molecule has 0 saturated heterocycles. The summed E-state index contributed by atoms with van der Waals surface area (Å²) in [5, 5.41) is 9.71. The number of methoxy groups -OCH3 is 1. The van der Waals surface area contributed by atoms with Crippen molar-refractivity contribution in [1.82, 2.24) is 0 Å². The van der Waals surface area contributed by atoms with E-state index >= 15 is 0 Å². The molecule has 0 aliphatic rings. The van der Waals surface area contributed by atoms with Gasteiger partial charge in [-0.1, -0.05) is 6.07 Å². The summed E-state index contributed by atoms with van der Waals surface area (Å²) >= 11 is 3.05. The maximum atomic E-state index is 13.5. The molecule has 0 radical (unpaired) electrons. The van der Waals surface area contributed by atoms with Gasteiger partial charge in [-0.25, -0.2) is 4.39 Å². The molecule has 1 unspecified atom stereocenters. The number of nitrogens with two attached hydrogens (primary N) is 1. The van der Waals surface area contributed by atoms with E-state index in [1.807, 2.05) is 0 Å². The van der Waals surface area contributed by atoms with Crippen LogP contribution in [0.3, 0.4) is 0 Å². The first-order valence-electron chi connectivity index (χ1n) is 4.51. The Morgan fingerprint density at radius 3 is 2.80 bits per heavy atom. The number of ether oxygens (including phenoxy) is 1. The highest BCUT2D eigenvalue weighted by Crippen LogP contribution is 2.33. The molecule has 0 spiro atoms. The van der Waals surface area contributed by atoms with Gasteiger partial charge in [0.15, 0.2) is 11.6 Å². The van der Waals surface area contributed by atoms with Crippen molar-refractivity contribution < 1.29 is 14.2 Å². The van der Waals surface area contributed by atoms with Crippen molar-refractivity contribution in [3.8, 4) is 5.75 Å². The number of rotatable bonds is 4.